The number of sulfonamides is 1. The molecule has 5 heteroatoms. The van der Waals surface area contributed by atoms with Crippen molar-refractivity contribution in [3.05, 3.63) is 54.0 Å². The molecule has 2 rings (SSSR count). The molecule has 0 unspecified atom stereocenters. The van der Waals surface area contributed by atoms with Crippen molar-refractivity contribution in [1.29, 1.82) is 0 Å². The quantitative estimate of drug-likeness (QED) is 0.823. The van der Waals surface area contributed by atoms with E-state index in [1.165, 1.54) is 4.31 Å². The van der Waals surface area contributed by atoms with Gasteiger partial charge in [-0.1, -0.05) is 26.0 Å². The summed E-state index contributed by atoms with van der Waals surface area (Å²) in [6, 6.07) is 10.7. The number of hydrogen-bond acceptors (Lipinski definition) is 3. The molecule has 0 N–H and O–H groups in total. The Kier molecular flexibility index (Phi) is 4.85. The van der Waals surface area contributed by atoms with E-state index in [2.05, 4.69) is 13.8 Å². The van der Waals surface area contributed by atoms with E-state index in [0.29, 0.717) is 23.8 Å². The molecule has 0 atom stereocenters. The van der Waals surface area contributed by atoms with E-state index < -0.39 is 10.0 Å². The second-order valence-electron chi connectivity index (χ2n) is 5.38. The number of furan rings is 1. The monoisotopic (exact) mass is 307 g/mol. The fourth-order valence-electron chi connectivity index (χ4n) is 2.05. The van der Waals surface area contributed by atoms with Gasteiger partial charge in [0.1, 0.15) is 5.76 Å². The van der Waals surface area contributed by atoms with Gasteiger partial charge in [-0.15, -0.1) is 0 Å². The molecular formula is C16H21NO3S. The number of nitrogens with zero attached hydrogens (tertiary/aromatic N) is 1. The molecule has 0 fully saturated rings. The minimum atomic E-state index is -3.44. The Morgan fingerprint density at radius 3 is 2.33 bits per heavy atom. The Bertz CT molecular complexity index is 658. The lowest BCUT2D eigenvalue weighted by Crippen LogP contribution is -2.29. The summed E-state index contributed by atoms with van der Waals surface area (Å²) in [5.74, 6) is 1.17. The highest BCUT2D eigenvalue weighted by atomic mass is 32.2. The fraction of sp³-hybridized carbons (Fsp3) is 0.375. The van der Waals surface area contributed by atoms with E-state index in [1.807, 2.05) is 18.2 Å². The largest absolute Gasteiger partial charge is 0.469 e. The number of benzene rings is 1. The van der Waals surface area contributed by atoms with E-state index >= 15 is 0 Å². The first-order valence-electron chi connectivity index (χ1n) is 7.00. The van der Waals surface area contributed by atoms with Crippen molar-refractivity contribution in [2.24, 2.45) is 0 Å². The van der Waals surface area contributed by atoms with Gasteiger partial charge in [0.15, 0.2) is 0 Å². The van der Waals surface area contributed by atoms with Crippen LogP contribution in [0.1, 0.15) is 31.1 Å². The van der Waals surface area contributed by atoms with Crippen molar-refractivity contribution in [1.82, 2.24) is 4.31 Å². The molecule has 0 amide bonds. The first kappa shape index (κ1) is 15.8. The van der Waals surface area contributed by atoms with E-state index in [9.17, 15) is 8.42 Å². The van der Waals surface area contributed by atoms with Gasteiger partial charge in [0.25, 0.3) is 0 Å². The van der Waals surface area contributed by atoms with Crippen LogP contribution in [0.4, 0.5) is 0 Å². The molecule has 21 heavy (non-hydrogen) atoms. The summed E-state index contributed by atoms with van der Waals surface area (Å²) in [5.41, 5.74) is 1.13. The van der Waals surface area contributed by atoms with E-state index in [4.69, 9.17) is 4.42 Å². The van der Waals surface area contributed by atoms with Gasteiger partial charge < -0.3 is 4.42 Å². The Labute approximate surface area is 126 Å². The van der Waals surface area contributed by atoms with Crippen LogP contribution < -0.4 is 0 Å². The lowest BCUT2D eigenvalue weighted by atomic mass is 10.0. The SMILES string of the molecule is CC(C)c1ccc(S(=O)(=O)N(C)CCc2ccco2)cc1. The molecule has 0 aliphatic heterocycles. The number of hydrogen-bond donors (Lipinski definition) is 0. The highest BCUT2D eigenvalue weighted by Gasteiger charge is 2.20. The van der Waals surface area contributed by atoms with Gasteiger partial charge in [0.05, 0.1) is 11.2 Å². The van der Waals surface area contributed by atoms with E-state index in [1.54, 1.807) is 31.5 Å². The van der Waals surface area contributed by atoms with E-state index in [-0.39, 0.29) is 0 Å². The van der Waals surface area contributed by atoms with Gasteiger partial charge >= 0.3 is 0 Å². The van der Waals surface area contributed by atoms with Crippen molar-refractivity contribution in [3.63, 3.8) is 0 Å². The smallest absolute Gasteiger partial charge is 0.242 e. The van der Waals surface area contributed by atoms with Gasteiger partial charge in [0.2, 0.25) is 10.0 Å². The maximum atomic E-state index is 12.5. The second kappa shape index (κ2) is 6.45. The van der Waals surface area contributed by atoms with Gasteiger partial charge in [-0.2, -0.15) is 0 Å². The van der Waals surface area contributed by atoms with Gasteiger partial charge in [-0.05, 0) is 35.7 Å². The Morgan fingerprint density at radius 1 is 1.14 bits per heavy atom. The number of rotatable bonds is 6. The molecule has 114 valence electrons. The standard InChI is InChI=1S/C16H21NO3S/c1-13(2)14-6-8-16(9-7-14)21(18,19)17(3)11-10-15-5-4-12-20-15/h4-9,12-13H,10-11H2,1-3H3. The predicted octanol–water partition coefficient (Wildman–Crippen LogP) is 3.27. The van der Waals surface area contributed by atoms with Crippen LogP contribution in [0, 0.1) is 0 Å². The molecule has 4 nitrogen and oxygen atoms in total. The van der Waals surface area contributed by atoms with Crippen molar-refractivity contribution in [2.75, 3.05) is 13.6 Å². The van der Waals surface area contributed by atoms with Crippen LogP contribution >= 0.6 is 0 Å². The third kappa shape index (κ3) is 3.74. The first-order valence-corrected chi connectivity index (χ1v) is 8.44. The van der Waals surface area contributed by atoms with Crippen LogP contribution in [0.5, 0.6) is 0 Å². The van der Waals surface area contributed by atoms with Crippen LogP contribution in [-0.4, -0.2) is 26.3 Å². The average Bonchev–Trinajstić information content (AvgIpc) is 2.98. The highest BCUT2D eigenvalue weighted by molar-refractivity contribution is 7.89. The molecular weight excluding hydrogens is 286 g/mol. The topological polar surface area (TPSA) is 50.5 Å². The summed E-state index contributed by atoms with van der Waals surface area (Å²) < 4.78 is 31.5. The summed E-state index contributed by atoms with van der Waals surface area (Å²) in [6.07, 6.45) is 2.15. The second-order valence-corrected chi connectivity index (χ2v) is 7.42. The fourth-order valence-corrected chi connectivity index (χ4v) is 3.22. The van der Waals surface area contributed by atoms with Crippen LogP contribution in [0.15, 0.2) is 52.0 Å². The zero-order valence-corrected chi connectivity index (χ0v) is 13.4. The lowest BCUT2D eigenvalue weighted by Gasteiger charge is -2.17. The summed E-state index contributed by atoms with van der Waals surface area (Å²) in [4.78, 5) is 0.328. The van der Waals surface area contributed by atoms with Crippen molar-refractivity contribution in [2.45, 2.75) is 31.1 Å². The summed E-state index contributed by atoms with van der Waals surface area (Å²) in [7, 11) is -1.85. The summed E-state index contributed by atoms with van der Waals surface area (Å²) >= 11 is 0. The highest BCUT2D eigenvalue weighted by Crippen LogP contribution is 2.19. The van der Waals surface area contributed by atoms with Crippen molar-refractivity contribution < 1.29 is 12.8 Å². The lowest BCUT2D eigenvalue weighted by molar-refractivity contribution is 0.441. The molecule has 0 bridgehead atoms. The molecule has 0 saturated carbocycles. The minimum absolute atomic E-state index is 0.328. The average molecular weight is 307 g/mol. The third-order valence-electron chi connectivity index (χ3n) is 3.51. The predicted molar refractivity (Wildman–Crippen MR) is 82.8 cm³/mol. The molecule has 1 heterocycles. The van der Waals surface area contributed by atoms with Crippen LogP contribution in [-0.2, 0) is 16.4 Å². The maximum Gasteiger partial charge on any atom is 0.242 e. The third-order valence-corrected chi connectivity index (χ3v) is 5.38. The van der Waals surface area contributed by atoms with Crippen molar-refractivity contribution >= 4 is 10.0 Å². The molecule has 0 aliphatic rings. The van der Waals surface area contributed by atoms with E-state index in [0.717, 1.165) is 11.3 Å². The van der Waals surface area contributed by atoms with Crippen LogP contribution in [0.2, 0.25) is 0 Å². The van der Waals surface area contributed by atoms with Gasteiger partial charge in [-0.3, -0.25) is 0 Å². The zero-order valence-electron chi connectivity index (χ0n) is 12.6. The Hall–Kier alpha value is -1.59. The molecule has 2 aromatic rings. The van der Waals surface area contributed by atoms with Crippen LogP contribution in [0.3, 0.4) is 0 Å². The molecule has 1 aromatic carbocycles. The van der Waals surface area contributed by atoms with Crippen LogP contribution in [0.25, 0.3) is 0 Å². The van der Waals surface area contributed by atoms with Gasteiger partial charge in [-0.25, -0.2) is 12.7 Å². The summed E-state index contributed by atoms with van der Waals surface area (Å²) in [6.45, 7) is 4.56. The zero-order chi connectivity index (χ0) is 15.5. The number of likely N-dealkylation sites (N-methyl/N-ethyl adjacent to an activating group) is 1. The van der Waals surface area contributed by atoms with Crippen molar-refractivity contribution in [3.8, 4) is 0 Å². The molecule has 1 aromatic heterocycles. The minimum Gasteiger partial charge on any atom is -0.469 e. The molecule has 0 radical (unpaired) electrons. The molecule has 0 spiro atoms. The summed E-state index contributed by atoms with van der Waals surface area (Å²) in [5, 5.41) is 0. The molecule has 0 aliphatic carbocycles. The maximum absolute atomic E-state index is 12.5. The normalized spacial score (nSPS) is 12.2. The molecule has 0 saturated heterocycles. The Balaban J connectivity index is 2.09. The first-order chi connectivity index (χ1) is 9.91. The van der Waals surface area contributed by atoms with Gasteiger partial charge in [0, 0.05) is 20.0 Å². The Morgan fingerprint density at radius 2 is 1.81 bits per heavy atom.